The second kappa shape index (κ2) is 9.27. The zero-order valence-electron chi connectivity index (χ0n) is 15.1. The molecule has 0 heterocycles. The van der Waals surface area contributed by atoms with E-state index < -0.39 is 0 Å². The van der Waals surface area contributed by atoms with E-state index in [2.05, 4.69) is 17.1 Å². The molecule has 0 aliphatic heterocycles. The van der Waals surface area contributed by atoms with E-state index in [0.29, 0.717) is 35.1 Å². The van der Waals surface area contributed by atoms with Crippen LogP contribution >= 0.6 is 0 Å². The second-order valence-corrected chi connectivity index (χ2v) is 5.30. The first-order valence-corrected chi connectivity index (χ1v) is 8.00. The van der Waals surface area contributed by atoms with Crippen LogP contribution in [0, 0.1) is 0 Å². The molecule has 0 saturated carbocycles. The highest BCUT2D eigenvalue weighted by Crippen LogP contribution is 2.25. The van der Waals surface area contributed by atoms with Gasteiger partial charge in [-0.25, -0.2) is 5.43 Å². The highest BCUT2D eigenvalue weighted by atomic mass is 16.5. The number of nitrogens with zero attached hydrogens (tertiary/aromatic N) is 1. The maximum atomic E-state index is 12.4. The van der Waals surface area contributed by atoms with Crippen molar-refractivity contribution in [2.24, 2.45) is 5.10 Å². The Morgan fingerprint density at radius 1 is 1.12 bits per heavy atom. The van der Waals surface area contributed by atoms with Gasteiger partial charge >= 0.3 is 0 Å². The molecule has 6 heteroatoms. The van der Waals surface area contributed by atoms with Crippen LogP contribution in [0.15, 0.2) is 60.2 Å². The molecule has 0 radical (unpaired) electrons. The molecule has 0 fully saturated rings. The predicted octanol–water partition coefficient (Wildman–Crippen LogP) is 3.42. The van der Waals surface area contributed by atoms with Crippen molar-refractivity contribution >= 4 is 11.6 Å². The highest BCUT2D eigenvalue weighted by molar-refractivity contribution is 6.03. The summed E-state index contributed by atoms with van der Waals surface area (Å²) in [6, 6.07) is 12.3. The first-order chi connectivity index (χ1) is 12.6. The lowest BCUT2D eigenvalue weighted by atomic mass is 10.1. The van der Waals surface area contributed by atoms with Crippen molar-refractivity contribution in [2.45, 2.75) is 6.92 Å². The van der Waals surface area contributed by atoms with Crippen LogP contribution in [0.3, 0.4) is 0 Å². The molecule has 0 aromatic heterocycles. The molecule has 0 aliphatic carbocycles. The zero-order chi connectivity index (χ0) is 18.9. The highest BCUT2D eigenvalue weighted by Gasteiger charge is 2.13. The van der Waals surface area contributed by atoms with Crippen LogP contribution in [0.2, 0.25) is 0 Å². The molecule has 1 N–H and O–H groups in total. The van der Waals surface area contributed by atoms with Gasteiger partial charge in [-0.3, -0.25) is 4.79 Å². The van der Waals surface area contributed by atoms with Gasteiger partial charge in [0, 0.05) is 11.6 Å². The van der Waals surface area contributed by atoms with E-state index in [1.54, 1.807) is 63.6 Å². The van der Waals surface area contributed by atoms with Gasteiger partial charge in [0.15, 0.2) is 0 Å². The van der Waals surface area contributed by atoms with E-state index in [9.17, 15) is 4.79 Å². The van der Waals surface area contributed by atoms with Gasteiger partial charge in [-0.1, -0.05) is 24.8 Å². The van der Waals surface area contributed by atoms with Gasteiger partial charge in [0.25, 0.3) is 5.91 Å². The Morgan fingerprint density at radius 3 is 2.58 bits per heavy atom. The summed E-state index contributed by atoms with van der Waals surface area (Å²) in [5.41, 5.74) is 4.30. The third-order valence-electron chi connectivity index (χ3n) is 3.61. The lowest BCUT2D eigenvalue weighted by Gasteiger charge is -2.11. The minimum atomic E-state index is -0.364. The van der Waals surface area contributed by atoms with Crippen LogP contribution in [0.4, 0.5) is 0 Å². The number of hydrogen-bond donors (Lipinski definition) is 1. The SMILES string of the molecule is C=CCOc1ccccc1C(=O)NN=C(C)c1ccc(OC)cc1OC. The number of hydrogen-bond acceptors (Lipinski definition) is 5. The number of methoxy groups -OCH3 is 2. The molecule has 0 bridgehead atoms. The van der Waals surface area contributed by atoms with Crippen molar-refractivity contribution in [3.05, 3.63) is 66.2 Å². The molecular weight excluding hydrogens is 332 g/mol. The molecule has 136 valence electrons. The van der Waals surface area contributed by atoms with E-state index in [-0.39, 0.29) is 5.91 Å². The van der Waals surface area contributed by atoms with Gasteiger partial charge in [-0.15, -0.1) is 0 Å². The van der Waals surface area contributed by atoms with E-state index in [1.807, 2.05) is 6.07 Å². The fourth-order valence-electron chi connectivity index (χ4n) is 2.28. The number of nitrogens with one attached hydrogen (secondary N) is 1. The summed E-state index contributed by atoms with van der Waals surface area (Å²) in [6.07, 6.45) is 1.62. The number of carbonyl (C=O) groups is 1. The minimum Gasteiger partial charge on any atom is -0.497 e. The first-order valence-electron chi connectivity index (χ1n) is 8.00. The maximum Gasteiger partial charge on any atom is 0.275 e. The lowest BCUT2D eigenvalue weighted by Crippen LogP contribution is -2.20. The van der Waals surface area contributed by atoms with E-state index in [0.717, 1.165) is 5.56 Å². The molecule has 2 aromatic rings. The van der Waals surface area contributed by atoms with Gasteiger partial charge in [-0.05, 0) is 31.2 Å². The summed E-state index contributed by atoms with van der Waals surface area (Å²) < 4.78 is 16.0. The number of amides is 1. The van der Waals surface area contributed by atoms with Gasteiger partial charge in [-0.2, -0.15) is 5.10 Å². The average Bonchev–Trinajstić information content (AvgIpc) is 2.69. The quantitative estimate of drug-likeness (QED) is 0.448. The third kappa shape index (κ3) is 4.63. The number of benzene rings is 2. The van der Waals surface area contributed by atoms with Crippen LogP contribution in [-0.2, 0) is 0 Å². The fraction of sp³-hybridized carbons (Fsp3) is 0.200. The zero-order valence-corrected chi connectivity index (χ0v) is 15.1. The summed E-state index contributed by atoms with van der Waals surface area (Å²) in [4.78, 5) is 12.4. The molecule has 0 aliphatic rings. The van der Waals surface area contributed by atoms with Crippen molar-refractivity contribution in [3.8, 4) is 17.2 Å². The molecule has 0 atom stereocenters. The van der Waals surface area contributed by atoms with Crippen LogP contribution < -0.4 is 19.6 Å². The molecule has 2 rings (SSSR count). The van der Waals surface area contributed by atoms with Crippen LogP contribution in [0.5, 0.6) is 17.2 Å². The summed E-state index contributed by atoms with van der Waals surface area (Å²) in [6.45, 7) is 5.70. The Morgan fingerprint density at radius 2 is 1.88 bits per heavy atom. The monoisotopic (exact) mass is 354 g/mol. The molecule has 0 unspecified atom stereocenters. The molecule has 6 nitrogen and oxygen atoms in total. The Kier molecular flexibility index (Phi) is 6.79. The standard InChI is InChI=1S/C20H22N2O4/c1-5-12-26-18-9-7-6-8-17(18)20(23)22-21-14(2)16-11-10-15(24-3)13-19(16)25-4/h5-11,13H,1,12H2,2-4H3,(H,22,23). The first kappa shape index (κ1) is 19.1. The smallest absolute Gasteiger partial charge is 0.275 e. The number of rotatable bonds is 8. The van der Waals surface area contributed by atoms with Gasteiger partial charge < -0.3 is 14.2 Å². The predicted molar refractivity (Wildman–Crippen MR) is 101 cm³/mol. The van der Waals surface area contributed by atoms with Crippen LogP contribution in [0.1, 0.15) is 22.8 Å². The lowest BCUT2D eigenvalue weighted by molar-refractivity contribution is 0.0951. The van der Waals surface area contributed by atoms with Crippen molar-refractivity contribution in [3.63, 3.8) is 0 Å². The van der Waals surface area contributed by atoms with Crippen molar-refractivity contribution in [2.75, 3.05) is 20.8 Å². The summed E-state index contributed by atoms with van der Waals surface area (Å²) in [5, 5.41) is 4.18. The normalized spacial score (nSPS) is 10.8. The second-order valence-electron chi connectivity index (χ2n) is 5.30. The van der Waals surface area contributed by atoms with Crippen molar-refractivity contribution < 1.29 is 19.0 Å². The maximum absolute atomic E-state index is 12.4. The summed E-state index contributed by atoms with van der Waals surface area (Å²) in [5.74, 6) is 1.39. The number of hydrazone groups is 1. The Balaban J connectivity index is 2.19. The van der Waals surface area contributed by atoms with Crippen molar-refractivity contribution in [1.29, 1.82) is 0 Å². The molecule has 0 saturated heterocycles. The molecule has 1 amide bonds. The summed E-state index contributed by atoms with van der Waals surface area (Å²) in [7, 11) is 3.15. The fourth-order valence-corrected chi connectivity index (χ4v) is 2.28. The van der Waals surface area contributed by atoms with Crippen LogP contribution in [0.25, 0.3) is 0 Å². The topological polar surface area (TPSA) is 69.2 Å². The molecule has 2 aromatic carbocycles. The van der Waals surface area contributed by atoms with Gasteiger partial charge in [0.2, 0.25) is 0 Å². The van der Waals surface area contributed by atoms with E-state index in [1.165, 1.54) is 0 Å². The Labute approximate surface area is 153 Å². The summed E-state index contributed by atoms with van der Waals surface area (Å²) >= 11 is 0. The number of ether oxygens (including phenoxy) is 3. The van der Waals surface area contributed by atoms with E-state index in [4.69, 9.17) is 14.2 Å². The number of carbonyl (C=O) groups excluding carboxylic acids is 1. The van der Waals surface area contributed by atoms with Gasteiger partial charge in [0.05, 0.1) is 25.5 Å². The van der Waals surface area contributed by atoms with E-state index >= 15 is 0 Å². The Hall–Kier alpha value is -3.28. The number of para-hydroxylation sites is 1. The van der Waals surface area contributed by atoms with Crippen LogP contribution in [-0.4, -0.2) is 32.4 Å². The minimum absolute atomic E-state index is 0.315. The largest absolute Gasteiger partial charge is 0.497 e. The Bertz CT molecular complexity index is 815. The molecule has 0 spiro atoms. The average molecular weight is 354 g/mol. The molecule has 26 heavy (non-hydrogen) atoms. The third-order valence-corrected chi connectivity index (χ3v) is 3.61. The van der Waals surface area contributed by atoms with Gasteiger partial charge in [0.1, 0.15) is 23.9 Å². The molecular formula is C20H22N2O4. The van der Waals surface area contributed by atoms with Crippen molar-refractivity contribution in [1.82, 2.24) is 5.43 Å².